The van der Waals surface area contributed by atoms with Gasteiger partial charge < -0.3 is 15.4 Å². The summed E-state index contributed by atoms with van der Waals surface area (Å²) >= 11 is 0. The molecule has 148 valence electrons. The molecular weight excluding hydrogens is 368 g/mol. The van der Waals surface area contributed by atoms with E-state index in [1.54, 1.807) is 31.6 Å². The summed E-state index contributed by atoms with van der Waals surface area (Å²) in [6, 6.07) is 14.4. The van der Waals surface area contributed by atoms with Crippen molar-refractivity contribution < 1.29 is 14.3 Å². The standard InChI is InChI=1S/C22H22N4O3/c1-29-19-6-4-16(5-7-19)8-11-25-21(27)18-9-12-24-20(13-18)22(28)26-15-17-3-2-10-23-14-17/h2-7,9-10,12-14H,8,11,15H2,1H3,(H,25,27)(H,26,28). The van der Waals surface area contributed by atoms with Crippen molar-refractivity contribution in [1.82, 2.24) is 20.6 Å². The lowest BCUT2D eigenvalue weighted by Crippen LogP contribution is -2.27. The molecule has 29 heavy (non-hydrogen) atoms. The minimum atomic E-state index is -0.346. The molecule has 0 radical (unpaired) electrons. The van der Waals surface area contributed by atoms with Crippen LogP contribution in [-0.4, -0.2) is 35.4 Å². The third-order valence-corrected chi connectivity index (χ3v) is 4.29. The summed E-state index contributed by atoms with van der Waals surface area (Å²) in [6.45, 7) is 0.822. The Bertz CT molecular complexity index is 959. The highest BCUT2D eigenvalue weighted by Gasteiger charge is 2.11. The van der Waals surface area contributed by atoms with Gasteiger partial charge in [0.05, 0.1) is 7.11 Å². The maximum absolute atomic E-state index is 12.4. The summed E-state index contributed by atoms with van der Waals surface area (Å²) in [5.74, 6) is 0.202. The SMILES string of the molecule is COc1ccc(CCNC(=O)c2ccnc(C(=O)NCc3cccnc3)c2)cc1. The fourth-order valence-electron chi connectivity index (χ4n) is 2.69. The van der Waals surface area contributed by atoms with Crippen LogP contribution in [-0.2, 0) is 13.0 Å². The van der Waals surface area contributed by atoms with Crippen LogP contribution in [0.2, 0.25) is 0 Å². The van der Waals surface area contributed by atoms with E-state index in [1.165, 1.54) is 12.3 Å². The Morgan fingerprint density at radius 3 is 2.52 bits per heavy atom. The molecule has 2 N–H and O–H groups in total. The quantitative estimate of drug-likeness (QED) is 0.616. The molecule has 2 amide bonds. The van der Waals surface area contributed by atoms with Gasteiger partial charge in [-0.3, -0.25) is 19.6 Å². The van der Waals surface area contributed by atoms with Gasteiger partial charge in [-0.05, 0) is 47.9 Å². The number of nitrogens with one attached hydrogen (secondary N) is 2. The van der Waals surface area contributed by atoms with E-state index in [9.17, 15) is 9.59 Å². The molecule has 0 aliphatic carbocycles. The summed E-state index contributed by atoms with van der Waals surface area (Å²) in [7, 11) is 1.62. The predicted molar refractivity (Wildman–Crippen MR) is 109 cm³/mol. The molecule has 0 spiro atoms. The Morgan fingerprint density at radius 1 is 0.966 bits per heavy atom. The van der Waals surface area contributed by atoms with E-state index in [2.05, 4.69) is 20.6 Å². The van der Waals surface area contributed by atoms with E-state index in [1.807, 2.05) is 30.3 Å². The van der Waals surface area contributed by atoms with Crippen LogP contribution >= 0.6 is 0 Å². The van der Waals surface area contributed by atoms with Crippen LogP contribution in [0.5, 0.6) is 5.75 Å². The van der Waals surface area contributed by atoms with Gasteiger partial charge in [-0.1, -0.05) is 18.2 Å². The summed E-state index contributed by atoms with van der Waals surface area (Å²) in [5, 5.41) is 5.63. The van der Waals surface area contributed by atoms with E-state index < -0.39 is 0 Å². The number of pyridine rings is 2. The van der Waals surface area contributed by atoms with Crippen molar-refractivity contribution in [2.75, 3.05) is 13.7 Å². The number of rotatable bonds is 8. The van der Waals surface area contributed by atoms with Gasteiger partial charge in [0.2, 0.25) is 0 Å². The van der Waals surface area contributed by atoms with Gasteiger partial charge in [0.1, 0.15) is 11.4 Å². The van der Waals surface area contributed by atoms with Gasteiger partial charge in [-0.2, -0.15) is 0 Å². The maximum atomic E-state index is 12.4. The Morgan fingerprint density at radius 2 is 1.79 bits per heavy atom. The highest BCUT2D eigenvalue weighted by molar-refractivity contribution is 5.98. The smallest absolute Gasteiger partial charge is 0.270 e. The highest BCUT2D eigenvalue weighted by atomic mass is 16.5. The second-order valence-corrected chi connectivity index (χ2v) is 6.33. The lowest BCUT2D eigenvalue weighted by molar-refractivity contribution is 0.0946. The van der Waals surface area contributed by atoms with Gasteiger partial charge in [0, 0.05) is 37.2 Å². The molecule has 0 saturated heterocycles. The number of carbonyl (C=O) groups excluding carboxylic acids is 2. The second kappa shape index (κ2) is 9.98. The van der Waals surface area contributed by atoms with E-state index in [4.69, 9.17) is 4.74 Å². The Kier molecular flexibility index (Phi) is 6.89. The van der Waals surface area contributed by atoms with Gasteiger partial charge in [0.15, 0.2) is 0 Å². The molecule has 2 heterocycles. The van der Waals surface area contributed by atoms with Gasteiger partial charge >= 0.3 is 0 Å². The number of amides is 2. The van der Waals surface area contributed by atoms with E-state index >= 15 is 0 Å². The summed E-state index contributed by atoms with van der Waals surface area (Å²) in [6.07, 6.45) is 5.50. The van der Waals surface area contributed by atoms with Crippen molar-refractivity contribution in [3.8, 4) is 5.75 Å². The predicted octanol–water partition coefficient (Wildman–Crippen LogP) is 2.39. The number of benzene rings is 1. The van der Waals surface area contributed by atoms with Crippen molar-refractivity contribution in [2.45, 2.75) is 13.0 Å². The molecule has 0 bridgehead atoms. The minimum absolute atomic E-state index is 0.191. The minimum Gasteiger partial charge on any atom is -0.497 e. The molecule has 0 aliphatic rings. The summed E-state index contributed by atoms with van der Waals surface area (Å²) in [4.78, 5) is 32.8. The summed E-state index contributed by atoms with van der Waals surface area (Å²) in [5.41, 5.74) is 2.56. The van der Waals surface area contributed by atoms with Crippen LogP contribution in [0.3, 0.4) is 0 Å². The third-order valence-electron chi connectivity index (χ3n) is 4.29. The van der Waals surface area contributed by atoms with Crippen LogP contribution in [0.4, 0.5) is 0 Å². The molecule has 3 rings (SSSR count). The van der Waals surface area contributed by atoms with Gasteiger partial charge in [-0.25, -0.2) is 0 Å². The van der Waals surface area contributed by atoms with E-state index in [-0.39, 0.29) is 17.5 Å². The Labute approximate surface area is 169 Å². The Balaban J connectivity index is 1.52. The monoisotopic (exact) mass is 390 g/mol. The zero-order valence-electron chi connectivity index (χ0n) is 16.1. The molecule has 7 heteroatoms. The van der Waals surface area contributed by atoms with Crippen molar-refractivity contribution in [3.05, 3.63) is 89.5 Å². The summed E-state index contributed by atoms with van der Waals surface area (Å²) < 4.78 is 5.13. The molecule has 0 atom stereocenters. The molecule has 0 unspecified atom stereocenters. The number of carbonyl (C=O) groups is 2. The van der Waals surface area contributed by atoms with Crippen LogP contribution in [0.1, 0.15) is 32.0 Å². The number of hydrogen-bond donors (Lipinski definition) is 2. The third kappa shape index (κ3) is 5.87. The van der Waals surface area contributed by atoms with Crippen molar-refractivity contribution in [3.63, 3.8) is 0 Å². The van der Waals surface area contributed by atoms with Crippen molar-refractivity contribution >= 4 is 11.8 Å². The van der Waals surface area contributed by atoms with E-state index in [0.717, 1.165) is 16.9 Å². The number of hydrogen-bond acceptors (Lipinski definition) is 5. The average Bonchev–Trinajstić information content (AvgIpc) is 2.78. The first kappa shape index (κ1) is 20.0. The molecule has 0 fully saturated rings. The maximum Gasteiger partial charge on any atom is 0.270 e. The number of methoxy groups -OCH3 is 1. The largest absolute Gasteiger partial charge is 0.497 e. The normalized spacial score (nSPS) is 10.2. The molecule has 7 nitrogen and oxygen atoms in total. The van der Waals surface area contributed by atoms with Gasteiger partial charge in [0.25, 0.3) is 11.8 Å². The van der Waals surface area contributed by atoms with Crippen LogP contribution in [0, 0.1) is 0 Å². The number of nitrogens with zero attached hydrogens (tertiary/aromatic N) is 2. The van der Waals surface area contributed by atoms with Crippen molar-refractivity contribution in [2.24, 2.45) is 0 Å². The fourth-order valence-corrected chi connectivity index (χ4v) is 2.69. The first-order valence-corrected chi connectivity index (χ1v) is 9.20. The molecule has 0 saturated carbocycles. The average molecular weight is 390 g/mol. The first-order valence-electron chi connectivity index (χ1n) is 9.20. The molecule has 3 aromatic rings. The zero-order valence-corrected chi connectivity index (χ0v) is 16.1. The number of ether oxygens (including phenoxy) is 1. The van der Waals surface area contributed by atoms with Crippen LogP contribution in [0.15, 0.2) is 67.1 Å². The number of aromatic nitrogens is 2. The Hall–Kier alpha value is -3.74. The molecule has 0 aliphatic heterocycles. The lowest BCUT2D eigenvalue weighted by Gasteiger charge is -2.08. The highest BCUT2D eigenvalue weighted by Crippen LogP contribution is 2.11. The topological polar surface area (TPSA) is 93.2 Å². The molecule has 1 aromatic carbocycles. The van der Waals surface area contributed by atoms with Crippen LogP contribution < -0.4 is 15.4 Å². The fraction of sp³-hybridized carbons (Fsp3) is 0.182. The molecular formula is C22H22N4O3. The van der Waals surface area contributed by atoms with Crippen molar-refractivity contribution in [1.29, 1.82) is 0 Å². The van der Waals surface area contributed by atoms with E-state index in [0.29, 0.717) is 25.1 Å². The second-order valence-electron chi connectivity index (χ2n) is 6.33. The lowest BCUT2D eigenvalue weighted by atomic mass is 10.1. The van der Waals surface area contributed by atoms with Crippen LogP contribution in [0.25, 0.3) is 0 Å². The molecule has 2 aromatic heterocycles. The zero-order chi connectivity index (χ0) is 20.5. The van der Waals surface area contributed by atoms with Gasteiger partial charge in [-0.15, -0.1) is 0 Å². The first-order chi connectivity index (χ1) is 14.2.